The summed E-state index contributed by atoms with van der Waals surface area (Å²) in [6, 6.07) is 7.32. The van der Waals surface area contributed by atoms with E-state index in [-0.39, 0.29) is 0 Å². The maximum absolute atomic E-state index is 5.74. The summed E-state index contributed by atoms with van der Waals surface area (Å²) >= 11 is 5.74. The van der Waals surface area contributed by atoms with Crippen molar-refractivity contribution >= 4 is 11.6 Å². The van der Waals surface area contributed by atoms with Gasteiger partial charge in [0.2, 0.25) is 0 Å². The highest BCUT2D eigenvalue weighted by Crippen LogP contribution is 2.16. The van der Waals surface area contributed by atoms with E-state index in [1.165, 1.54) is 0 Å². The fourth-order valence-electron chi connectivity index (χ4n) is 0.979. The molecule has 1 aromatic heterocycles. The molecule has 0 atom stereocenters. The first-order valence-corrected chi connectivity index (χ1v) is 4.14. The maximum Gasteiger partial charge on any atom is 0.181 e. The van der Waals surface area contributed by atoms with Crippen molar-refractivity contribution in [3.63, 3.8) is 0 Å². The van der Waals surface area contributed by atoms with Gasteiger partial charge in [0.15, 0.2) is 5.82 Å². The number of nitrogens with zero attached hydrogens (tertiary/aromatic N) is 3. The molecule has 2 aromatic rings. The lowest BCUT2D eigenvalue weighted by molar-refractivity contribution is 0.980. The second kappa shape index (κ2) is 3.49. The van der Waals surface area contributed by atoms with Gasteiger partial charge in [-0.15, -0.1) is 5.10 Å². The Morgan fingerprint density at radius 1 is 1.00 bits per heavy atom. The molecule has 0 spiro atoms. The Labute approximate surface area is 80.4 Å². The van der Waals surface area contributed by atoms with Crippen LogP contribution in [0.2, 0.25) is 5.02 Å². The molecule has 0 bridgehead atoms. The number of aromatic nitrogens is 3. The minimum absolute atomic E-state index is 0.610. The van der Waals surface area contributed by atoms with E-state index in [0.29, 0.717) is 10.8 Å². The van der Waals surface area contributed by atoms with Gasteiger partial charge in [-0.1, -0.05) is 11.6 Å². The maximum atomic E-state index is 5.74. The molecule has 3 nitrogen and oxygen atoms in total. The highest BCUT2D eigenvalue weighted by Gasteiger charge is 1.98. The van der Waals surface area contributed by atoms with E-state index in [2.05, 4.69) is 15.2 Å². The molecule has 0 amide bonds. The zero-order chi connectivity index (χ0) is 9.10. The highest BCUT2D eigenvalue weighted by atomic mass is 35.5. The van der Waals surface area contributed by atoms with E-state index in [1.54, 1.807) is 24.5 Å². The van der Waals surface area contributed by atoms with Gasteiger partial charge in [-0.25, -0.2) is 4.98 Å². The lowest BCUT2D eigenvalue weighted by Crippen LogP contribution is -1.89. The summed E-state index contributed by atoms with van der Waals surface area (Å²) in [4.78, 5) is 4.06. The Morgan fingerprint density at radius 3 is 2.38 bits per heavy atom. The van der Waals surface area contributed by atoms with Crippen LogP contribution in [0, 0.1) is 0 Å². The zero-order valence-corrected chi connectivity index (χ0v) is 7.44. The molecule has 0 aliphatic carbocycles. The van der Waals surface area contributed by atoms with Gasteiger partial charge in [-0.05, 0) is 24.3 Å². The molecule has 0 fully saturated rings. The Morgan fingerprint density at radius 2 is 1.77 bits per heavy atom. The van der Waals surface area contributed by atoms with Crippen molar-refractivity contribution in [2.75, 3.05) is 0 Å². The van der Waals surface area contributed by atoms with Gasteiger partial charge >= 0.3 is 0 Å². The molecule has 0 aliphatic rings. The zero-order valence-electron chi connectivity index (χ0n) is 6.68. The van der Waals surface area contributed by atoms with E-state index in [4.69, 9.17) is 11.6 Å². The van der Waals surface area contributed by atoms with Gasteiger partial charge < -0.3 is 0 Å². The fourth-order valence-corrected chi connectivity index (χ4v) is 1.10. The highest BCUT2D eigenvalue weighted by molar-refractivity contribution is 6.30. The molecule has 1 aromatic carbocycles. The molecule has 0 aliphatic heterocycles. The van der Waals surface area contributed by atoms with Gasteiger partial charge in [0.25, 0.3) is 0 Å². The Bertz CT molecular complexity index is 385. The van der Waals surface area contributed by atoms with Crippen molar-refractivity contribution < 1.29 is 0 Å². The Hall–Kier alpha value is -1.48. The average Bonchev–Trinajstić information content (AvgIpc) is 2.20. The third-order valence-corrected chi connectivity index (χ3v) is 1.84. The van der Waals surface area contributed by atoms with Crippen LogP contribution in [0.1, 0.15) is 0 Å². The van der Waals surface area contributed by atoms with E-state index in [9.17, 15) is 0 Å². The summed E-state index contributed by atoms with van der Waals surface area (Å²) in [6.45, 7) is 0. The van der Waals surface area contributed by atoms with E-state index in [0.717, 1.165) is 5.56 Å². The smallest absolute Gasteiger partial charge is 0.181 e. The van der Waals surface area contributed by atoms with Crippen molar-refractivity contribution in [2.24, 2.45) is 0 Å². The topological polar surface area (TPSA) is 38.7 Å². The Balaban J connectivity index is 2.42. The van der Waals surface area contributed by atoms with Crippen LogP contribution < -0.4 is 0 Å². The molecule has 2 rings (SSSR count). The normalized spacial score (nSPS) is 9.92. The van der Waals surface area contributed by atoms with Crippen molar-refractivity contribution in [3.05, 3.63) is 41.7 Å². The quantitative estimate of drug-likeness (QED) is 0.694. The molecule has 13 heavy (non-hydrogen) atoms. The SMILES string of the molecule is Clc1ccc(-c2nccnn2)cc1. The second-order valence-electron chi connectivity index (χ2n) is 2.47. The number of hydrogen-bond donors (Lipinski definition) is 0. The van der Waals surface area contributed by atoms with E-state index in [1.807, 2.05) is 12.1 Å². The van der Waals surface area contributed by atoms with Crippen LogP contribution in [0.3, 0.4) is 0 Å². The molecule has 1 heterocycles. The third kappa shape index (κ3) is 1.81. The van der Waals surface area contributed by atoms with Crippen molar-refractivity contribution in [1.29, 1.82) is 0 Å². The van der Waals surface area contributed by atoms with Gasteiger partial charge in [0, 0.05) is 16.8 Å². The van der Waals surface area contributed by atoms with Crippen LogP contribution in [0.15, 0.2) is 36.7 Å². The van der Waals surface area contributed by atoms with E-state index < -0.39 is 0 Å². The number of benzene rings is 1. The number of rotatable bonds is 1. The molecular weight excluding hydrogens is 186 g/mol. The lowest BCUT2D eigenvalue weighted by Gasteiger charge is -1.96. The molecule has 0 N–H and O–H groups in total. The van der Waals surface area contributed by atoms with Crippen molar-refractivity contribution in [2.45, 2.75) is 0 Å². The summed E-state index contributed by atoms with van der Waals surface area (Å²) in [7, 11) is 0. The van der Waals surface area contributed by atoms with Crippen LogP contribution in [-0.4, -0.2) is 15.2 Å². The Kier molecular flexibility index (Phi) is 2.19. The van der Waals surface area contributed by atoms with Gasteiger partial charge in [-0.3, -0.25) is 0 Å². The second-order valence-corrected chi connectivity index (χ2v) is 2.91. The molecule has 64 valence electrons. The molecule has 0 saturated heterocycles. The van der Waals surface area contributed by atoms with Gasteiger partial charge in [-0.2, -0.15) is 5.10 Å². The summed E-state index contributed by atoms with van der Waals surface area (Å²) in [5, 5.41) is 8.31. The first-order valence-electron chi connectivity index (χ1n) is 3.76. The largest absolute Gasteiger partial charge is 0.233 e. The molecule has 4 heteroatoms. The summed E-state index contributed by atoms with van der Waals surface area (Å²) in [5.41, 5.74) is 0.914. The lowest BCUT2D eigenvalue weighted by atomic mass is 10.2. The predicted molar refractivity (Wildman–Crippen MR) is 50.3 cm³/mol. The van der Waals surface area contributed by atoms with Crippen LogP contribution >= 0.6 is 11.6 Å². The minimum Gasteiger partial charge on any atom is -0.233 e. The van der Waals surface area contributed by atoms with Crippen LogP contribution in [0.5, 0.6) is 0 Å². The molecule has 0 radical (unpaired) electrons. The van der Waals surface area contributed by atoms with Crippen molar-refractivity contribution in [1.82, 2.24) is 15.2 Å². The molecule has 0 unspecified atom stereocenters. The van der Waals surface area contributed by atoms with E-state index >= 15 is 0 Å². The average molecular weight is 192 g/mol. The summed E-state index contributed by atoms with van der Waals surface area (Å²) in [6.07, 6.45) is 3.15. The first kappa shape index (κ1) is 8.13. The predicted octanol–water partition coefficient (Wildman–Crippen LogP) is 2.19. The van der Waals surface area contributed by atoms with Crippen LogP contribution in [0.25, 0.3) is 11.4 Å². The van der Waals surface area contributed by atoms with Crippen LogP contribution in [0.4, 0.5) is 0 Å². The molecule has 0 saturated carbocycles. The van der Waals surface area contributed by atoms with Crippen LogP contribution in [-0.2, 0) is 0 Å². The minimum atomic E-state index is 0.610. The standard InChI is InChI=1S/C9H6ClN3/c10-8-3-1-7(2-4-8)9-11-5-6-12-13-9/h1-6H. The fraction of sp³-hybridized carbons (Fsp3) is 0. The third-order valence-electron chi connectivity index (χ3n) is 1.59. The first-order chi connectivity index (χ1) is 6.36. The molecular formula is C9H6ClN3. The summed E-state index contributed by atoms with van der Waals surface area (Å²) < 4.78 is 0. The monoisotopic (exact) mass is 191 g/mol. The number of halogens is 1. The number of hydrogen-bond acceptors (Lipinski definition) is 3. The van der Waals surface area contributed by atoms with Gasteiger partial charge in [0.05, 0.1) is 6.20 Å². The van der Waals surface area contributed by atoms with Crippen molar-refractivity contribution in [3.8, 4) is 11.4 Å². The summed E-state index contributed by atoms with van der Waals surface area (Å²) in [5.74, 6) is 0.610. The van der Waals surface area contributed by atoms with Gasteiger partial charge in [0.1, 0.15) is 0 Å².